The molecule has 3 nitrogen and oxygen atoms in total. The summed E-state index contributed by atoms with van der Waals surface area (Å²) in [7, 11) is 0. The van der Waals surface area contributed by atoms with Crippen LogP contribution in [0.25, 0.3) is 0 Å². The summed E-state index contributed by atoms with van der Waals surface area (Å²) in [4.78, 5) is 0. The van der Waals surface area contributed by atoms with Gasteiger partial charge in [-0.1, -0.05) is 39.7 Å². The van der Waals surface area contributed by atoms with E-state index in [9.17, 15) is 13.9 Å². The predicted octanol–water partition coefficient (Wildman–Crippen LogP) is 8.59. The van der Waals surface area contributed by atoms with E-state index in [1.54, 1.807) is 0 Å². The van der Waals surface area contributed by atoms with Gasteiger partial charge in [-0.25, -0.2) is 8.78 Å². The second-order valence-corrected chi connectivity index (χ2v) is 15.0. The Morgan fingerprint density at radius 3 is 2.26 bits per heavy atom. The monoisotopic (exact) mass is 544 g/mol. The molecule has 6 rings (SSSR count). The normalized spacial score (nSPS) is 44.2. The molecule has 1 aromatic rings. The SMILES string of the molecule is C[C@H](CCCC(O)c1c(F)cccc1F)[C@H]1CC[C@H]2[C@@H]3CC[C@H]4[C@H]5OC(C)(C)O[C@H]5CC[C@]4(C)[C@H]3CC[C@]12C. The molecule has 0 spiro atoms. The van der Waals surface area contributed by atoms with Crippen LogP contribution >= 0.6 is 0 Å². The molecule has 4 aliphatic carbocycles. The van der Waals surface area contributed by atoms with Gasteiger partial charge in [0.1, 0.15) is 11.6 Å². The summed E-state index contributed by atoms with van der Waals surface area (Å²) in [6.45, 7) is 11.7. The van der Waals surface area contributed by atoms with Gasteiger partial charge >= 0.3 is 0 Å². The molecule has 4 saturated carbocycles. The van der Waals surface area contributed by atoms with Crippen LogP contribution in [-0.4, -0.2) is 23.1 Å². The minimum atomic E-state index is -1.08. The summed E-state index contributed by atoms with van der Waals surface area (Å²) in [5, 5.41) is 10.5. The van der Waals surface area contributed by atoms with E-state index in [2.05, 4.69) is 34.6 Å². The Morgan fingerprint density at radius 2 is 1.51 bits per heavy atom. The summed E-state index contributed by atoms with van der Waals surface area (Å²) >= 11 is 0. The summed E-state index contributed by atoms with van der Waals surface area (Å²) < 4.78 is 41.1. The number of hydrogen-bond acceptors (Lipinski definition) is 3. The molecular formula is C34H50F2O3. The zero-order valence-electron chi connectivity index (χ0n) is 24.7. The Bertz CT molecular complexity index is 1040. The highest BCUT2D eigenvalue weighted by Crippen LogP contribution is 2.69. The Balaban J connectivity index is 1.10. The Hall–Kier alpha value is -1.04. The second kappa shape index (κ2) is 10.1. The van der Waals surface area contributed by atoms with Gasteiger partial charge in [-0.15, -0.1) is 0 Å². The van der Waals surface area contributed by atoms with Gasteiger partial charge in [0.05, 0.1) is 23.9 Å². The number of ether oxygens (including phenoxy) is 2. The maximum atomic E-state index is 14.1. The largest absolute Gasteiger partial charge is 0.388 e. The van der Waals surface area contributed by atoms with Crippen molar-refractivity contribution in [3.8, 4) is 0 Å². The average molecular weight is 545 g/mol. The molecule has 1 heterocycles. The average Bonchev–Trinajstić information content (AvgIpc) is 3.38. The first-order valence-electron chi connectivity index (χ1n) is 15.9. The topological polar surface area (TPSA) is 38.7 Å². The molecule has 0 bridgehead atoms. The molecule has 0 aromatic heterocycles. The Morgan fingerprint density at radius 1 is 0.846 bits per heavy atom. The zero-order chi connectivity index (χ0) is 27.7. The summed E-state index contributed by atoms with van der Waals surface area (Å²) in [6, 6.07) is 3.81. The van der Waals surface area contributed by atoms with Crippen LogP contribution in [0.4, 0.5) is 8.78 Å². The summed E-state index contributed by atoms with van der Waals surface area (Å²) in [5.74, 6) is 2.54. The van der Waals surface area contributed by atoms with Crippen LogP contribution in [0.2, 0.25) is 0 Å². The second-order valence-electron chi connectivity index (χ2n) is 15.0. The molecule has 0 radical (unpaired) electrons. The molecule has 5 heteroatoms. The number of hydrogen-bond donors (Lipinski definition) is 1. The van der Waals surface area contributed by atoms with Crippen molar-refractivity contribution >= 4 is 0 Å². The molecule has 39 heavy (non-hydrogen) atoms. The van der Waals surface area contributed by atoms with Crippen molar-refractivity contribution in [1.82, 2.24) is 0 Å². The quantitative estimate of drug-likeness (QED) is 0.390. The summed E-state index contributed by atoms with van der Waals surface area (Å²) in [6.07, 6.45) is 12.0. The summed E-state index contributed by atoms with van der Waals surface area (Å²) in [5.41, 5.74) is 0.566. The molecule has 218 valence electrons. The van der Waals surface area contributed by atoms with Crippen molar-refractivity contribution in [3.63, 3.8) is 0 Å². The van der Waals surface area contributed by atoms with E-state index < -0.39 is 23.5 Å². The number of rotatable bonds is 6. The number of aliphatic hydroxyl groups excluding tert-OH is 1. The minimum absolute atomic E-state index is 0.173. The van der Waals surface area contributed by atoms with Gasteiger partial charge in [0.2, 0.25) is 0 Å². The van der Waals surface area contributed by atoms with Gasteiger partial charge in [0, 0.05) is 0 Å². The molecule has 5 aliphatic rings. The first-order valence-corrected chi connectivity index (χ1v) is 15.9. The number of halogens is 2. The standard InChI is InChI=1S/C34H50F2O3/c1-20(8-6-11-28(37)30-26(35)9-7-10-27(30)36)22-14-15-23-21-12-13-25-31-29(38-32(2,3)39-31)17-19-34(25,5)24(21)16-18-33(22,23)4/h7,9-10,20-25,28-29,31,37H,6,8,11-19H2,1-5H3/t20-,21+,22-,23+,24+,25+,28?,29+,31-,33-,34-/m1/s1. The lowest BCUT2D eigenvalue weighted by molar-refractivity contribution is -0.170. The maximum absolute atomic E-state index is 14.1. The molecular weight excluding hydrogens is 494 g/mol. The van der Waals surface area contributed by atoms with Crippen LogP contribution in [-0.2, 0) is 9.47 Å². The van der Waals surface area contributed by atoms with Crippen molar-refractivity contribution in [2.24, 2.45) is 46.3 Å². The van der Waals surface area contributed by atoms with Gasteiger partial charge in [-0.2, -0.15) is 0 Å². The Labute approximate surface area is 234 Å². The third kappa shape index (κ3) is 4.61. The highest BCUT2D eigenvalue weighted by Gasteiger charge is 2.64. The molecule has 1 saturated heterocycles. The number of fused-ring (bicyclic) bond motifs is 7. The van der Waals surface area contributed by atoms with Crippen molar-refractivity contribution in [2.45, 2.75) is 129 Å². The first kappa shape index (κ1) is 28.1. The fraction of sp³-hybridized carbons (Fsp3) is 0.824. The van der Waals surface area contributed by atoms with Crippen LogP contribution in [0.1, 0.15) is 117 Å². The van der Waals surface area contributed by atoms with Gasteiger partial charge < -0.3 is 14.6 Å². The van der Waals surface area contributed by atoms with Gasteiger partial charge in [-0.3, -0.25) is 0 Å². The highest BCUT2D eigenvalue weighted by molar-refractivity contribution is 5.22. The van der Waals surface area contributed by atoms with Gasteiger partial charge in [-0.05, 0) is 130 Å². The van der Waals surface area contributed by atoms with Crippen LogP contribution in [0.15, 0.2) is 18.2 Å². The van der Waals surface area contributed by atoms with E-state index >= 15 is 0 Å². The third-order valence-electron chi connectivity index (χ3n) is 12.8. The maximum Gasteiger partial charge on any atom is 0.163 e. The van der Waals surface area contributed by atoms with Crippen molar-refractivity contribution in [2.75, 3.05) is 0 Å². The molecule has 1 N–H and O–H groups in total. The smallest absolute Gasteiger partial charge is 0.163 e. The third-order valence-corrected chi connectivity index (χ3v) is 12.8. The van der Waals surface area contributed by atoms with Crippen molar-refractivity contribution in [1.29, 1.82) is 0 Å². The molecule has 1 unspecified atom stereocenters. The van der Waals surface area contributed by atoms with Crippen LogP contribution in [0.3, 0.4) is 0 Å². The number of benzene rings is 1. The first-order chi connectivity index (χ1) is 18.4. The molecule has 5 fully saturated rings. The minimum Gasteiger partial charge on any atom is -0.388 e. The van der Waals surface area contributed by atoms with E-state index in [-0.39, 0.29) is 17.8 Å². The van der Waals surface area contributed by atoms with E-state index in [1.807, 2.05) is 0 Å². The van der Waals surface area contributed by atoms with E-state index in [0.717, 1.165) is 37.0 Å². The van der Waals surface area contributed by atoms with E-state index in [1.165, 1.54) is 63.1 Å². The fourth-order valence-electron chi connectivity index (χ4n) is 11.1. The molecule has 0 amide bonds. The van der Waals surface area contributed by atoms with Crippen molar-refractivity contribution in [3.05, 3.63) is 35.4 Å². The predicted molar refractivity (Wildman–Crippen MR) is 149 cm³/mol. The Kier molecular flexibility index (Phi) is 7.24. The van der Waals surface area contributed by atoms with Crippen LogP contribution < -0.4 is 0 Å². The lowest BCUT2D eigenvalue weighted by Crippen LogP contribution is -2.57. The highest BCUT2D eigenvalue weighted by atomic mass is 19.1. The molecule has 1 aliphatic heterocycles. The van der Waals surface area contributed by atoms with Gasteiger partial charge in [0.15, 0.2) is 5.79 Å². The van der Waals surface area contributed by atoms with Crippen molar-refractivity contribution < 1.29 is 23.4 Å². The lowest BCUT2D eigenvalue weighted by atomic mass is 9.44. The fourth-order valence-corrected chi connectivity index (χ4v) is 11.1. The lowest BCUT2D eigenvalue weighted by Gasteiger charge is -2.62. The van der Waals surface area contributed by atoms with Crippen LogP contribution in [0, 0.1) is 58.0 Å². The molecule has 1 aromatic carbocycles. The van der Waals surface area contributed by atoms with E-state index in [0.29, 0.717) is 35.0 Å². The van der Waals surface area contributed by atoms with Gasteiger partial charge in [0.25, 0.3) is 0 Å². The van der Waals surface area contributed by atoms with Crippen LogP contribution in [0.5, 0.6) is 0 Å². The number of aliphatic hydroxyl groups is 1. The zero-order valence-corrected chi connectivity index (χ0v) is 24.7. The van der Waals surface area contributed by atoms with E-state index in [4.69, 9.17) is 9.47 Å². The molecule has 11 atom stereocenters.